The first kappa shape index (κ1) is 10.4. The predicted octanol–water partition coefficient (Wildman–Crippen LogP) is 2.93. The van der Waals surface area contributed by atoms with Gasteiger partial charge in [-0.25, -0.2) is 0 Å². The van der Waals surface area contributed by atoms with Crippen LogP contribution in [0.5, 0.6) is 0 Å². The highest BCUT2D eigenvalue weighted by Gasteiger charge is 2.22. The van der Waals surface area contributed by atoms with Gasteiger partial charge >= 0.3 is 0 Å². The fourth-order valence-electron chi connectivity index (χ4n) is 2.47. The topological polar surface area (TPSA) is 17.1 Å². The Balaban J connectivity index is 2.21. The summed E-state index contributed by atoms with van der Waals surface area (Å²) in [7, 11) is 0. The summed E-state index contributed by atoms with van der Waals surface area (Å²) in [5.41, 5.74) is 4.27. The molecule has 0 heterocycles. The Labute approximate surface area is 91.5 Å². The number of aryl methyl sites for hydroxylation is 2. The second-order valence-electron chi connectivity index (χ2n) is 4.77. The van der Waals surface area contributed by atoms with E-state index >= 15 is 0 Å². The molecule has 1 heteroatoms. The maximum absolute atomic E-state index is 10.8. The molecule has 1 aliphatic rings. The quantitative estimate of drug-likeness (QED) is 0.674. The summed E-state index contributed by atoms with van der Waals surface area (Å²) in [5, 5.41) is 0. The van der Waals surface area contributed by atoms with E-state index in [0.717, 1.165) is 25.5 Å². The first-order valence-corrected chi connectivity index (χ1v) is 5.74. The molecule has 2 atom stereocenters. The molecule has 0 fully saturated rings. The van der Waals surface area contributed by atoms with Crippen molar-refractivity contribution in [1.82, 2.24) is 0 Å². The summed E-state index contributed by atoms with van der Waals surface area (Å²) in [6, 6.07) is 6.70. The second kappa shape index (κ2) is 4.18. The minimum Gasteiger partial charge on any atom is -0.303 e. The van der Waals surface area contributed by atoms with Crippen LogP contribution in [-0.4, -0.2) is 6.29 Å². The maximum Gasteiger partial charge on any atom is 0.123 e. The molecule has 2 rings (SSSR count). The zero-order chi connectivity index (χ0) is 10.8. The van der Waals surface area contributed by atoms with Crippen molar-refractivity contribution in [2.45, 2.75) is 33.1 Å². The van der Waals surface area contributed by atoms with Gasteiger partial charge in [0.25, 0.3) is 0 Å². The Kier molecular flexibility index (Phi) is 2.90. The normalized spacial score (nSPS) is 21.9. The van der Waals surface area contributed by atoms with Gasteiger partial charge in [0.1, 0.15) is 6.29 Å². The van der Waals surface area contributed by atoms with E-state index in [2.05, 4.69) is 25.1 Å². The Hall–Kier alpha value is -1.11. The Morgan fingerprint density at radius 3 is 2.93 bits per heavy atom. The zero-order valence-corrected chi connectivity index (χ0v) is 9.49. The maximum atomic E-state index is 10.8. The molecule has 0 aliphatic heterocycles. The van der Waals surface area contributed by atoms with Crippen molar-refractivity contribution >= 4 is 6.29 Å². The summed E-state index contributed by atoms with van der Waals surface area (Å²) in [6.45, 7) is 4.17. The molecule has 1 aromatic carbocycles. The highest BCUT2D eigenvalue weighted by atomic mass is 16.1. The highest BCUT2D eigenvalue weighted by molar-refractivity contribution is 5.53. The summed E-state index contributed by atoms with van der Waals surface area (Å²) < 4.78 is 0. The molecule has 0 N–H and O–H groups in total. The number of hydrogen-bond donors (Lipinski definition) is 0. The van der Waals surface area contributed by atoms with Gasteiger partial charge in [-0.1, -0.05) is 30.7 Å². The minimum absolute atomic E-state index is 0.207. The van der Waals surface area contributed by atoms with E-state index in [0.29, 0.717) is 5.92 Å². The van der Waals surface area contributed by atoms with E-state index < -0.39 is 0 Å². The number of carbonyl (C=O) groups is 1. The molecule has 0 saturated heterocycles. The van der Waals surface area contributed by atoms with E-state index in [9.17, 15) is 4.79 Å². The molecule has 0 radical (unpaired) electrons. The SMILES string of the molecule is Cc1ccc2c(c1)CC(C(C)C=O)CC2. The fourth-order valence-corrected chi connectivity index (χ4v) is 2.47. The predicted molar refractivity (Wildman–Crippen MR) is 61.9 cm³/mol. The van der Waals surface area contributed by atoms with Gasteiger partial charge in [0.15, 0.2) is 0 Å². The van der Waals surface area contributed by atoms with Crippen molar-refractivity contribution in [3.05, 3.63) is 34.9 Å². The van der Waals surface area contributed by atoms with Crippen LogP contribution in [0.3, 0.4) is 0 Å². The largest absolute Gasteiger partial charge is 0.303 e. The van der Waals surface area contributed by atoms with Crippen molar-refractivity contribution in [3.8, 4) is 0 Å². The van der Waals surface area contributed by atoms with Crippen molar-refractivity contribution in [3.63, 3.8) is 0 Å². The second-order valence-corrected chi connectivity index (χ2v) is 4.77. The van der Waals surface area contributed by atoms with Crippen LogP contribution in [0.2, 0.25) is 0 Å². The van der Waals surface area contributed by atoms with Crippen LogP contribution in [0.4, 0.5) is 0 Å². The molecular weight excluding hydrogens is 184 g/mol. The number of benzene rings is 1. The molecule has 0 saturated carbocycles. The highest BCUT2D eigenvalue weighted by Crippen LogP contribution is 2.30. The third kappa shape index (κ3) is 2.11. The average Bonchev–Trinajstić information content (AvgIpc) is 2.27. The number of hydrogen-bond acceptors (Lipinski definition) is 1. The molecule has 1 aliphatic carbocycles. The van der Waals surface area contributed by atoms with Gasteiger partial charge in [-0.3, -0.25) is 0 Å². The lowest BCUT2D eigenvalue weighted by molar-refractivity contribution is -0.112. The van der Waals surface area contributed by atoms with Crippen LogP contribution in [0.25, 0.3) is 0 Å². The van der Waals surface area contributed by atoms with Gasteiger partial charge < -0.3 is 4.79 Å². The van der Waals surface area contributed by atoms with Gasteiger partial charge in [0, 0.05) is 5.92 Å². The third-order valence-corrected chi connectivity index (χ3v) is 3.59. The van der Waals surface area contributed by atoms with Crippen LogP contribution in [0.1, 0.15) is 30.0 Å². The molecule has 0 bridgehead atoms. The van der Waals surface area contributed by atoms with Gasteiger partial charge in [0.2, 0.25) is 0 Å². The smallest absolute Gasteiger partial charge is 0.123 e. The third-order valence-electron chi connectivity index (χ3n) is 3.59. The van der Waals surface area contributed by atoms with Gasteiger partial charge in [-0.2, -0.15) is 0 Å². The van der Waals surface area contributed by atoms with E-state index in [1.54, 1.807) is 0 Å². The molecule has 2 unspecified atom stereocenters. The van der Waals surface area contributed by atoms with Crippen molar-refractivity contribution in [1.29, 1.82) is 0 Å². The fraction of sp³-hybridized carbons (Fsp3) is 0.500. The summed E-state index contributed by atoms with van der Waals surface area (Å²) in [6.07, 6.45) is 4.48. The Morgan fingerprint density at radius 1 is 1.40 bits per heavy atom. The average molecular weight is 202 g/mol. The van der Waals surface area contributed by atoms with Crippen LogP contribution in [-0.2, 0) is 17.6 Å². The van der Waals surface area contributed by atoms with Gasteiger partial charge in [0.05, 0.1) is 0 Å². The number of fused-ring (bicyclic) bond motifs is 1. The summed E-state index contributed by atoms with van der Waals surface area (Å²) >= 11 is 0. The standard InChI is InChI=1S/C14H18O/c1-10-3-4-12-5-6-13(11(2)9-15)8-14(12)7-10/h3-4,7,9,11,13H,5-6,8H2,1-2H3. The zero-order valence-electron chi connectivity index (χ0n) is 9.49. The first-order chi connectivity index (χ1) is 7.20. The van der Waals surface area contributed by atoms with Crippen LogP contribution >= 0.6 is 0 Å². The first-order valence-electron chi connectivity index (χ1n) is 5.74. The minimum atomic E-state index is 0.207. The van der Waals surface area contributed by atoms with Crippen LogP contribution in [0.15, 0.2) is 18.2 Å². The molecule has 15 heavy (non-hydrogen) atoms. The molecule has 0 aromatic heterocycles. The summed E-state index contributed by atoms with van der Waals surface area (Å²) in [5.74, 6) is 0.760. The van der Waals surface area contributed by atoms with E-state index in [-0.39, 0.29) is 5.92 Å². The van der Waals surface area contributed by atoms with E-state index in [1.807, 2.05) is 6.92 Å². The van der Waals surface area contributed by atoms with Gasteiger partial charge in [-0.05, 0) is 43.2 Å². The number of rotatable bonds is 2. The Morgan fingerprint density at radius 2 is 2.20 bits per heavy atom. The molecule has 0 amide bonds. The van der Waals surface area contributed by atoms with Gasteiger partial charge in [-0.15, -0.1) is 0 Å². The van der Waals surface area contributed by atoms with Crippen molar-refractivity contribution in [2.75, 3.05) is 0 Å². The van der Waals surface area contributed by atoms with Crippen LogP contribution in [0, 0.1) is 18.8 Å². The van der Waals surface area contributed by atoms with Crippen molar-refractivity contribution in [2.24, 2.45) is 11.8 Å². The molecule has 0 spiro atoms. The Bertz CT molecular complexity index is 368. The lowest BCUT2D eigenvalue weighted by Crippen LogP contribution is -2.21. The number of aldehydes is 1. The summed E-state index contributed by atoms with van der Waals surface area (Å²) in [4.78, 5) is 10.8. The van der Waals surface area contributed by atoms with Crippen molar-refractivity contribution < 1.29 is 4.79 Å². The molecule has 1 nitrogen and oxygen atoms in total. The lowest BCUT2D eigenvalue weighted by atomic mass is 9.78. The van der Waals surface area contributed by atoms with E-state index in [4.69, 9.17) is 0 Å². The van der Waals surface area contributed by atoms with Crippen LogP contribution < -0.4 is 0 Å². The molecule has 80 valence electrons. The van der Waals surface area contributed by atoms with E-state index in [1.165, 1.54) is 16.7 Å². The molecular formula is C14H18O. The monoisotopic (exact) mass is 202 g/mol. The number of carbonyl (C=O) groups excluding carboxylic acids is 1. The molecule has 1 aromatic rings. The lowest BCUT2D eigenvalue weighted by Gasteiger charge is -2.27.